The molecule has 2 aliphatic rings. The fourth-order valence-corrected chi connectivity index (χ4v) is 6.56. The number of aryl methyl sites for hydroxylation is 2. The van der Waals surface area contributed by atoms with E-state index in [2.05, 4.69) is 5.32 Å². The fraction of sp³-hybridized carbons (Fsp3) is 0.400. The number of sulfone groups is 1. The van der Waals surface area contributed by atoms with E-state index in [9.17, 15) is 22.8 Å². The fourth-order valence-electron chi connectivity index (χ4n) is 4.83. The highest BCUT2D eigenvalue weighted by atomic mass is 32.2. The number of benzene rings is 2. The van der Waals surface area contributed by atoms with Crippen molar-refractivity contribution < 1.29 is 22.8 Å². The predicted molar refractivity (Wildman–Crippen MR) is 128 cm³/mol. The summed E-state index contributed by atoms with van der Waals surface area (Å²) in [6.07, 6.45) is 0.360. The molecule has 2 aromatic carbocycles. The Morgan fingerprint density at radius 3 is 2.38 bits per heavy atom. The maximum Gasteiger partial charge on any atom is 0.326 e. The molecule has 0 radical (unpaired) electrons. The smallest absolute Gasteiger partial charge is 0.326 e. The summed E-state index contributed by atoms with van der Waals surface area (Å²) < 4.78 is 23.8. The van der Waals surface area contributed by atoms with Crippen LogP contribution in [-0.4, -0.2) is 66.7 Å². The molecular weight excluding hydrogens is 454 g/mol. The van der Waals surface area contributed by atoms with Crippen LogP contribution in [0.2, 0.25) is 0 Å². The number of likely N-dealkylation sites (N-methyl/N-ethyl adjacent to an activating group) is 1. The second-order valence-electron chi connectivity index (χ2n) is 8.97. The van der Waals surface area contributed by atoms with Crippen molar-refractivity contribution in [2.24, 2.45) is 0 Å². The van der Waals surface area contributed by atoms with E-state index in [1.165, 1.54) is 4.90 Å². The molecule has 2 heterocycles. The third-order valence-corrected chi connectivity index (χ3v) is 8.61. The average Bonchev–Trinajstić information content (AvgIpc) is 3.28. The van der Waals surface area contributed by atoms with Gasteiger partial charge in [-0.05, 0) is 49.4 Å². The second-order valence-corrected chi connectivity index (χ2v) is 11.2. The molecule has 9 heteroatoms. The first kappa shape index (κ1) is 23.9. The first-order chi connectivity index (χ1) is 16.1. The zero-order valence-electron chi connectivity index (χ0n) is 19.6. The van der Waals surface area contributed by atoms with Gasteiger partial charge in [0.15, 0.2) is 15.4 Å². The number of rotatable bonds is 6. The molecule has 2 atom stereocenters. The lowest BCUT2D eigenvalue weighted by Gasteiger charge is -2.30. The van der Waals surface area contributed by atoms with Crippen molar-refractivity contribution in [2.45, 2.75) is 38.8 Å². The Morgan fingerprint density at radius 1 is 1.09 bits per heavy atom. The van der Waals surface area contributed by atoms with Crippen LogP contribution in [0.15, 0.2) is 48.5 Å². The molecule has 1 N–H and O–H groups in total. The minimum absolute atomic E-state index is 0.0362. The number of nitrogens with zero attached hydrogens (tertiary/aromatic N) is 2. The molecule has 8 nitrogen and oxygen atoms in total. The Hall–Kier alpha value is -3.20. The van der Waals surface area contributed by atoms with Crippen LogP contribution in [0.4, 0.5) is 4.79 Å². The van der Waals surface area contributed by atoms with Crippen molar-refractivity contribution >= 4 is 27.7 Å². The monoisotopic (exact) mass is 483 g/mol. The van der Waals surface area contributed by atoms with Gasteiger partial charge in [0.25, 0.3) is 5.91 Å². The molecule has 0 aromatic heterocycles. The lowest BCUT2D eigenvalue weighted by molar-refractivity contribution is -0.139. The van der Waals surface area contributed by atoms with Crippen molar-refractivity contribution in [3.63, 3.8) is 0 Å². The molecule has 0 saturated carbocycles. The van der Waals surface area contributed by atoms with Crippen molar-refractivity contribution in [3.05, 3.63) is 70.8 Å². The van der Waals surface area contributed by atoms with Gasteiger partial charge in [-0.2, -0.15) is 0 Å². The SMILES string of the molecule is CCN(C(=O)CN1C(=O)N[C@](c2ccccc2)(c2ccc(C)c(C)c2)C1=O)[C@H]1CCS(=O)(=O)C1. The van der Waals surface area contributed by atoms with E-state index in [4.69, 9.17) is 0 Å². The molecule has 0 spiro atoms. The van der Waals surface area contributed by atoms with Crippen LogP contribution in [0.5, 0.6) is 0 Å². The summed E-state index contributed by atoms with van der Waals surface area (Å²) in [6.45, 7) is 5.52. The van der Waals surface area contributed by atoms with Crippen LogP contribution in [-0.2, 0) is 25.0 Å². The number of nitrogens with one attached hydrogen (secondary N) is 1. The minimum atomic E-state index is -3.18. The van der Waals surface area contributed by atoms with Gasteiger partial charge in [-0.1, -0.05) is 48.5 Å². The third-order valence-electron chi connectivity index (χ3n) is 6.86. The maximum absolute atomic E-state index is 13.9. The predicted octanol–water partition coefficient (Wildman–Crippen LogP) is 2.13. The summed E-state index contributed by atoms with van der Waals surface area (Å²) in [5, 5.41) is 2.86. The maximum atomic E-state index is 13.9. The van der Waals surface area contributed by atoms with Gasteiger partial charge in [0.2, 0.25) is 5.91 Å². The van der Waals surface area contributed by atoms with Gasteiger partial charge in [0.05, 0.1) is 11.5 Å². The van der Waals surface area contributed by atoms with Crippen LogP contribution < -0.4 is 5.32 Å². The standard InChI is InChI=1S/C25H29N3O5S/c1-4-27(21-12-13-34(32,33)16-21)22(29)15-28-23(30)25(26-24(28)31,19-8-6-5-7-9-19)20-11-10-17(2)18(3)14-20/h5-11,14,21H,4,12-13,15-16H2,1-3H3,(H,26,31)/t21-,25+/m0/s1. The van der Waals surface area contributed by atoms with Gasteiger partial charge < -0.3 is 10.2 Å². The Balaban J connectivity index is 1.68. The molecular formula is C25H29N3O5S. The highest BCUT2D eigenvalue weighted by Crippen LogP contribution is 2.37. The van der Waals surface area contributed by atoms with Gasteiger partial charge in [-0.3, -0.25) is 14.5 Å². The highest BCUT2D eigenvalue weighted by molar-refractivity contribution is 7.91. The van der Waals surface area contributed by atoms with E-state index in [-0.39, 0.29) is 11.5 Å². The first-order valence-corrected chi connectivity index (χ1v) is 13.2. The number of hydrogen-bond donors (Lipinski definition) is 1. The normalized spacial score (nSPS) is 23.7. The summed E-state index contributed by atoms with van der Waals surface area (Å²) in [5.41, 5.74) is 1.79. The molecule has 0 unspecified atom stereocenters. The third kappa shape index (κ3) is 4.09. The summed E-state index contributed by atoms with van der Waals surface area (Å²) in [6, 6.07) is 13.5. The lowest BCUT2D eigenvalue weighted by Crippen LogP contribution is -2.49. The van der Waals surface area contributed by atoms with Crippen LogP contribution in [0.25, 0.3) is 0 Å². The molecule has 2 fully saturated rings. The molecule has 0 bridgehead atoms. The Morgan fingerprint density at radius 2 is 1.79 bits per heavy atom. The Kier molecular flexibility index (Phi) is 6.24. The van der Waals surface area contributed by atoms with Gasteiger partial charge in [0, 0.05) is 12.6 Å². The number of hydrogen-bond acceptors (Lipinski definition) is 5. The van der Waals surface area contributed by atoms with Crippen molar-refractivity contribution in [2.75, 3.05) is 24.6 Å². The number of urea groups is 1. The zero-order chi connectivity index (χ0) is 24.7. The van der Waals surface area contributed by atoms with E-state index in [0.717, 1.165) is 16.0 Å². The minimum Gasteiger partial charge on any atom is -0.337 e. The Labute approximate surface area is 199 Å². The number of amides is 4. The zero-order valence-corrected chi connectivity index (χ0v) is 20.4. The van der Waals surface area contributed by atoms with Crippen LogP contribution in [0.3, 0.4) is 0 Å². The first-order valence-electron chi connectivity index (χ1n) is 11.4. The topological polar surface area (TPSA) is 104 Å². The van der Waals surface area contributed by atoms with Gasteiger partial charge in [-0.25, -0.2) is 13.2 Å². The van der Waals surface area contributed by atoms with E-state index >= 15 is 0 Å². The molecule has 4 rings (SSSR count). The molecule has 0 aliphatic carbocycles. The summed E-state index contributed by atoms with van der Waals surface area (Å²) in [4.78, 5) is 42.5. The van der Waals surface area contributed by atoms with E-state index < -0.39 is 45.8 Å². The molecule has 2 aliphatic heterocycles. The van der Waals surface area contributed by atoms with Crippen molar-refractivity contribution in [1.29, 1.82) is 0 Å². The quantitative estimate of drug-likeness (QED) is 0.634. The largest absolute Gasteiger partial charge is 0.337 e. The Bertz CT molecular complexity index is 1240. The second kappa shape index (κ2) is 8.87. The van der Waals surface area contributed by atoms with E-state index in [1.54, 1.807) is 31.2 Å². The van der Waals surface area contributed by atoms with Crippen LogP contribution in [0.1, 0.15) is 35.6 Å². The summed E-state index contributed by atoms with van der Waals surface area (Å²) in [5.74, 6) is -1.04. The molecule has 2 aromatic rings. The van der Waals surface area contributed by atoms with E-state index in [0.29, 0.717) is 24.1 Å². The van der Waals surface area contributed by atoms with Gasteiger partial charge in [0.1, 0.15) is 6.54 Å². The molecule has 34 heavy (non-hydrogen) atoms. The highest BCUT2D eigenvalue weighted by Gasteiger charge is 2.54. The number of carbonyl (C=O) groups excluding carboxylic acids is 3. The summed E-state index contributed by atoms with van der Waals surface area (Å²) in [7, 11) is -3.18. The van der Waals surface area contributed by atoms with Crippen LogP contribution in [0, 0.1) is 13.8 Å². The molecule has 180 valence electrons. The van der Waals surface area contributed by atoms with Gasteiger partial charge in [-0.15, -0.1) is 0 Å². The summed E-state index contributed by atoms with van der Waals surface area (Å²) >= 11 is 0. The van der Waals surface area contributed by atoms with Crippen molar-refractivity contribution in [3.8, 4) is 0 Å². The van der Waals surface area contributed by atoms with Gasteiger partial charge >= 0.3 is 6.03 Å². The van der Waals surface area contributed by atoms with Crippen LogP contribution >= 0.6 is 0 Å². The number of carbonyl (C=O) groups is 3. The van der Waals surface area contributed by atoms with E-state index in [1.807, 2.05) is 38.1 Å². The number of imide groups is 1. The van der Waals surface area contributed by atoms with Crippen molar-refractivity contribution in [1.82, 2.24) is 15.1 Å². The molecule has 4 amide bonds. The lowest BCUT2D eigenvalue weighted by atomic mass is 9.81. The average molecular weight is 484 g/mol. The molecule has 2 saturated heterocycles.